The number of hydrogen-bond donors (Lipinski definition) is 0. The van der Waals surface area contributed by atoms with Crippen molar-refractivity contribution in [3.8, 4) is 0 Å². The van der Waals surface area contributed by atoms with E-state index in [1.165, 1.54) is 11.8 Å². The quantitative estimate of drug-likeness (QED) is 0.449. The van der Waals surface area contributed by atoms with E-state index in [1.54, 1.807) is 6.92 Å². The second-order valence-corrected chi connectivity index (χ2v) is 7.64. The Morgan fingerprint density at radius 3 is 2.15 bits per heavy atom. The molecule has 142 valence electrons. The number of Topliss-reactive ketones (excluding diaryl/α,β-unsaturated/α-hetero) is 1. The van der Waals surface area contributed by atoms with Gasteiger partial charge in [-0.05, 0) is 51.1 Å². The number of carbonyl (C=O) groups excluding carboxylic acids is 2. The van der Waals surface area contributed by atoms with Crippen LogP contribution in [0.4, 0.5) is 5.69 Å². The number of piperazine rings is 1. The molecule has 1 fully saturated rings. The average molecular weight is 385 g/mol. The highest BCUT2D eigenvalue weighted by molar-refractivity contribution is 7.99. The molecule has 7 heteroatoms. The van der Waals surface area contributed by atoms with E-state index in [2.05, 4.69) is 14.9 Å². The Kier molecular flexibility index (Phi) is 6.11. The summed E-state index contributed by atoms with van der Waals surface area (Å²) in [6, 6.07) is 9.59. The third-order valence-electron chi connectivity index (χ3n) is 4.56. The Morgan fingerprint density at radius 2 is 1.59 bits per heavy atom. The first-order chi connectivity index (χ1) is 12.9. The lowest BCUT2D eigenvalue weighted by Gasteiger charge is -2.36. The van der Waals surface area contributed by atoms with Gasteiger partial charge in [0.25, 0.3) is 0 Å². The number of aryl methyl sites for hydroxylation is 2. The molecule has 1 aromatic carbocycles. The third kappa shape index (κ3) is 5.07. The summed E-state index contributed by atoms with van der Waals surface area (Å²) in [5.74, 6) is 0.549. The Bertz CT molecular complexity index is 810. The molecule has 0 saturated carbocycles. The number of ketones is 1. The first-order valence-electron chi connectivity index (χ1n) is 9.01. The van der Waals surface area contributed by atoms with E-state index >= 15 is 0 Å². The highest BCUT2D eigenvalue weighted by Crippen LogP contribution is 2.19. The molecular formula is C20H24N4O2S. The molecule has 27 heavy (non-hydrogen) atoms. The van der Waals surface area contributed by atoms with E-state index in [1.807, 2.05) is 49.1 Å². The number of benzene rings is 1. The Hall–Kier alpha value is -2.41. The van der Waals surface area contributed by atoms with E-state index in [4.69, 9.17) is 0 Å². The van der Waals surface area contributed by atoms with Crippen LogP contribution in [-0.4, -0.2) is 58.5 Å². The number of nitrogens with zero attached hydrogens (tertiary/aromatic N) is 4. The fourth-order valence-corrected chi connectivity index (χ4v) is 3.95. The van der Waals surface area contributed by atoms with Crippen LogP contribution in [-0.2, 0) is 4.79 Å². The van der Waals surface area contributed by atoms with Crippen LogP contribution >= 0.6 is 11.8 Å². The van der Waals surface area contributed by atoms with Gasteiger partial charge in [0.15, 0.2) is 10.9 Å². The van der Waals surface area contributed by atoms with Crippen molar-refractivity contribution in [2.75, 3.05) is 36.8 Å². The molecule has 6 nitrogen and oxygen atoms in total. The second kappa shape index (κ2) is 8.52. The SMILES string of the molecule is CC(=O)c1ccc(N2CCN(C(=O)CSc3nc(C)cc(C)n3)CC2)cc1. The van der Waals surface area contributed by atoms with Gasteiger partial charge in [0, 0.05) is 48.8 Å². The highest BCUT2D eigenvalue weighted by atomic mass is 32.2. The van der Waals surface area contributed by atoms with Crippen molar-refractivity contribution >= 4 is 29.1 Å². The van der Waals surface area contributed by atoms with Crippen LogP contribution in [0.25, 0.3) is 0 Å². The van der Waals surface area contributed by atoms with Crippen LogP contribution in [0, 0.1) is 13.8 Å². The number of aromatic nitrogens is 2. The number of hydrogen-bond acceptors (Lipinski definition) is 6. The molecule has 2 heterocycles. The molecule has 0 N–H and O–H groups in total. The summed E-state index contributed by atoms with van der Waals surface area (Å²) in [5.41, 5.74) is 3.65. The van der Waals surface area contributed by atoms with Crippen molar-refractivity contribution in [1.82, 2.24) is 14.9 Å². The Morgan fingerprint density at radius 1 is 1.00 bits per heavy atom. The Balaban J connectivity index is 1.50. The van der Waals surface area contributed by atoms with Gasteiger partial charge >= 0.3 is 0 Å². The molecule has 1 amide bonds. The summed E-state index contributed by atoms with van der Waals surface area (Å²) in [7, 11) is 0. The molecule has 0 atom stereocenters. The first-order valence-corrected chi connectivity index (χ1v) is 10.00. The van der Waals surface area contributed by atoms with Gasteiger partial charge in [-0.15, -0.1) is 0 Å². The monoisotopic (exact) mass is 384 g/mol. The minimum absolute atomic E-state index is 0.0715. The van der Waals surface area contributed by atoms with Crippen molar-refractivity contribution in [3.63, 3.8) is 0 Å². The lowest BCUT2D eigenvalue weighted by Crippen LogP contribution is -2.49. The van der Waals surface area contributed by atoms with Gasteiger partial charge in [-0.3, -0.25) is 9.59 Å². The average Bonchev–Trinajstić information content (AvgIpc) is 2.65. The minimum Gasteiger partial charge on any atom is -0.368 e. The van der Waals surface area contributed by atoms with Gasteiger partial charge in [-0.2, -0.15) is 0 Å². The molecular weight excluding hydrogens is 360 g/mol. The summed E-state index contributed by atoms with van der Waals surface area (Å²) in [6.45, 7) is 8.40. The number of rotatable bonds is 5. The molecule has 1 aliphatic rings. The summed E-state index contributed by atoms with van der Waals surface area (Å²) >= 11 is 1.39. The molecule has 1 aliphatic heterocycles. The molecule has 1 aromatic heterocycles. The number of carbonyl (C=O) groups is 2. The van der Waals surface area contributed by atoms with E-state index < -0.39 is 0 Å². The highest BCUT2D eigenvalue weighted by Gasteiger charge is 2.21. The lowest BCUT2D eigenvalue weighted by molar-refractivity contribution is -0.128. The zero-order valence-electron chi connectivity index (χ0n) is 15.9. The minimum atomic E-state index is 0.0715. The fourth-order valence-electron chi connectivity index (χ4n) is 3.10. The zero-order chi connectivity index (χ0) is 19.4. The van der Waals surface area contributed by atoms with Gasteiger partial charge < -0.3 is 9.80 Å². The first kappa shape index (κ1) is 19.4. The van der Waals surface area contributed by atoms with Crippen molar-refractivity contribution in [2.24, 2.45) is 0 Å². The smallest absolute Gasteiger partial charge is 0.233 e. The molecule has 3 rings (SSSR count). The summed E-state index contributed by atoms with van der Waals surface area (Å²) in [6.07, 6.45) is 0. The van der Waals surface area contributed by atoms with E-state index in [0.717, 1.165) is 35.7 Å². The largest absolute Gasteiger partial charge is 0.368 e. The van der Waals surface area contributed by atoms with Gasteiger partial charge in [-0.1, -0.05) is 11.8 Å². The third-order valence-corrected chi connectivity index (χ3v) is 5.39. The predicted octanol–water partition coefficient (Wildman–Crippen LogP) is 2.74. The molecule has 0 unspecified atom stereocenters. The molecule has 0 bridgehead atoms. The summed E-state index contributed by atoms with van der Waals surface area (Å²) in [5, 5.41) is 0.657. The van der Waals surface area contributed by atoms with Crippen molar-refractivity contribution < 1.29 is 9.59 Å². The normalized spacial score (nSPS) is 14.3. The van der Waals surface area contributed by atoms with Crippen LogP contribution in [0.15, 0.2) is 35.5 Å². The van der Waals surface area contributed by atoms with Gasteiger partial charge in [0.2, 0.25) is 5.91 Å². The summed E-state index contributed by atoms with van der Waals surface area (Å²) in [4.78, 5) is 36.8. The van der Waals surface area contributed by atoms with Gasteiger partial charge in [-0.25, -0.2) is 9.97 Å². The zero-order valence-corrected chi connectivity index (χ0v) is 16.8. The van der Waals surface area contributed by atoms with Gasteiger partial charge in [0.05, 0.1) is 5.75 Å². The lowest BCUT2D eigenvalue weighted by atomic mass is 10.1. The Labute approximate surface area is 164 Å². The van der Waals surface area contributed by atoms with Gasteiger partial charge in [0.1, 0.15) is 0 Å². The number of anilines is 1. The fraction of sp³-hybridized carbons (Fsp3) is 0.400. The second-order valence-electron chi connectivity index (χ2n) is 6.69. The standard InChI is InChI=1S/C20H24N4O2S/c1-14-12-15(2)22-20(21-14)27-13-19(26)24-10-8-23(9-11-24)18-6-4-17(5-7-18)16(3)25/h4-7,12H,8-11,13H2,1-3H3. The maximum Gasteiger partial charge on any atom is 0.233 e. The molecule has 0 radical (unpaired) electrons. The van der Waals surface area contributed by atoms with E-state index in [-0.39, 0.29) is 11.7 Å². The van der Waals surface area contributed by atoms with Crippen LogP contribution in [0.5, 0.6) is 0 Å². The van der Waals surface area contributed by atoms with Crippen LogP contribution in [0.3, 0.4) is 0 Å². The molecule has 0 spiro atoms. The summed E-state index contributed by atoms with van der Waals surface area (Å²) < 4.78 is 0. The maximum atomic E-state index is 12.5. The topological polar surface area (TPSA) is 66.4 Å². The molecule has 0 aliphatic carbocycles. The van der Waals surface area contributed by atoms with E-state index in [0.29, 0.717) is 24.0 Å². The number of amides is 1. The van der Waals surface area contributed by atoms with Crippen molar-refractivity contribution in [2.45, 2.75) is 25.9 Å². The predicted molar refractivity (Wildman–Crippen MR) is 107 cm³/mol. The molecule has 1 saturated heterocycles. The maximum absolute atomic E-state index is 12.5. The number of thioether (sulfide) groups is 1. The van der Waals surface area contributed by atoms with Crippen LogP contribution < -0.4 is 4.90 Å². The van der Waals surface area contributed by atoms with Crippen LogP contribution in [0.1, 0.15) is 28.7 Å². The van der Waals surface area contributed by atoms with Crippen molar-refractivity contribution in [3.05, 3.63) is 47.3 Å². The van der Waals surface area contributed by atoms with Crippen molar-refractivity contribution in [1.29, 1.82) is 0 Å². The van der Waals surface area contributed by atoms with Crippen LogP contribution in [0.2, 0.25) is 0 Å². The molecule has 2 aromatic rings. The van der Waals surface area contributed by atoms with E-state index in [9.17, 15) is 9.59 Å².